The monoisotopic (exact) mass is 411 g/mol. The summed E-state index contributed by atoms with van der Waals surface area (Å²) in [4.78, 5) is 32.5. The Bertz CT molecular complexity index is 1110. The molecular formula is C20H21N5O5. The number of carbonyl (C=O) groups is 2. The number of aryl methyl sites for hydroxylation is 2. The van der Waals surface area contributed by atoms with Gasteiger partial charge in [0.2, 0.25) is 6.79 Å². The third-order valence-corrected chi connectivity index (χ3v) is 4.86. The van der Waals surface area contributed by atoms with E-state index in [2.05, 4.69) is 20.4 Å². The molecule has 0 fully saturated rings. The van der Waals surface area contributed by atoms with Gasteiger partial charge in [0, 0.05) is 24.4 Å². The van der Waals surface area contributed by atoms with Gasteiger partial charge in [0.15, 0.2) is 18.1 Å². The zero-order valence-electron chi connectivity index (χ0n) is 16.7. The molecule has 1 aliphatic rings. The summed E-state index contributed by atoms with van der Waals surface area (Å²) in [6.07, 6.45) is 2.02. The second-order valence-electron chi connectivity index (χ2n) is 6.86. The molecule has 2 aromatic heterocycles. The van der Waals surface area contributed by atoms with E-state index in [0.29, 0.717) is 30.2 Å². The van der Waals surface area contributed by atoms with Crippen LogP contribution in [-0.2, 0) is 27.3 Å². The molecule has 156 valence electrons. The molecule has 1 amide bonds. The van der Waals surface area contributed by atoms with Crippen molar-refractivity contribution in [2.45, 2.75) is 33.2 Å². The number of fused-ring (bicyclic) bond motifs is 2. The normalized spacial score (nSPS) is 12.2. The molecule has 30 heavy (non-hydrogen) atoms. The van der Waals surface area contributed by atoms with E-state index in [-0.39, 0.29) is 25.7 Å². The molecule has 0 bridgehead atoms. The van der Waals surface area contributed by atoms with Crippen molar-refractivity contribution in [3.05, 3.63) is 47.0 Å². The summed E-state index contributed by atoms with van der Waals surface area (Å²) in [7, 11) is 0. The van der Waals surface area contributed by atoms with Crippen LogP contribution < -0.4 is 14.8 Å². The minimum atomic E-state index is -0.453. The Kier molecular flexibility index (Phi) is 5.46. The van der Waals surface area contributed by atoms with E-state index in [1.807, 2.05) is 19.9 Å². The van der Waals surface area contributed by atoms with Crippen LogP contribution in [-0.4, -0.2) is 44.9 Å². The van der Waals surface area contributed by atoms with E-state index in [4.69, 9.17) is 14.2 Å². The third kappa shape index (κ3) is 4.17. The van der Waals surface area contributed by atoms with Crippen molar-refractivity contribution >= 4 is 17.7 Å². The van der Waals surface area contributed by atoms with Crippen LogP contribution >= 0.6 is 0 Å². The first kappa shape index (κ1) is 19.6. The Morgan fingerprint density at radius 3 is 2.93 bits per heavy atom. The number of carbonyl (C=O) groups excluding carboxylic acids is 2. The fourth-order valence-electron chi connectivity index (χ4n) is 3.27. The summed E-state index contributed by atoms with van der Waals surface area (Å²) < 4.78 is 17.3. The molecule has 0 atom stereocenters. The number of nitrogens with one attached hydrogen (secondary N) is 1. The van der Waals surface area contributed by atoms with Gasteiger partial charge in [0.05, 0.1) is 0 Å². The summed E-state index contributed by atoms with van der Waals surface area (Å²) in [6.45, 7) is 3.94. The van der Waals surface area contributed by atoms with Crippen molar-refractivity contribution < 1.29 is 23.8 Å². The van der Waals surface area contributed by atoms with Gasteiger partial charge in [-0.2, -0.15) is 10.1 Å². The average molecular weight is 411 g/mol. The Balaban J connectivity index is 1.23. The molecule has 0 saturated heterocycles. The number of hydrogen-bond donors (Lipinski definition) is 1. The van der Waals surface area contributed by atoms with Crippen LogP contribution in [0.3, 0.4) is 0 Å². The lowest BCUT2D eigenvalue weighted by molar-refractivity contribution is -0.148. The number of aromatic nitrogens is 4. The third-order valence-electron chi connectivity index (χ3n) is 4.86. The molecule has 0 radical (unpaired) electrons. The number of nitrogens with zero attached hydrogens (tertiary/aromatic N) is 4. The predicted octanol–water partition coefficient (Wildman–Crippen LogP) is 1.26. The molecule has 0 aliphatic carbocycles. The summed E-state index contributed by atoms with van der Waals surface area (Å²) in [5.74, 6) is 1.03. The molecule has 10 heteroatoms. The minimum Gasteiger partial charge on any atom is -0.456 e. The molecule has 10 nitrogen and oxygen atoms in total. The van der Waals surface area contributed by atoms with Crippen LogP contribution in [0.15, 0.2) is 24.5 Å². The van der Waals surface area contributed by atoms with E-state index >= 15 is 0 Å². The summed E-state index contributed by atoms with van der Waals surface area (Å²) in [5, 5.41) is 6.84. The maximum Gasteiger partial charge on any atom is 0.306 e. The number of esters is 1. The number of ether oxygens (including phenoxy) is 3. The first-order valence-electron chi connectivity index (χ1n) is 9.48. The molecule has 3 heterocycles. The highest BCUT2D eigenvalue weighted by molar-refractivity contribution is 5.80. The van der Waals surface area contributed by atoms with Crippen LogP contribution in [0.2, 0.25) is 0 Å². The van der Waals surface area contributed by atoms with E-state index in [1.54, 1.807) is 16.6 Å². The molecule has 0 spiro atoms. The van der Waals surface area contributed by atoms with Gasteiger partial charge in [-0.25, -0.2) is 9.50 Å². The van der Waals surface area contributed by atoms with Crippen LogP contribution in [0.4, 0.5) is 0 Å². The van der Waals surface area contributed by atoms with Gasteiger partial charge in [0.25, 0.3) is 11.7 Å². The highest BCUT2D eigenvalue weighted by Gasteiger charge is 2.15. The SMILES string of the molecule is Cc1nc2ncnn2c(C)c1CCC(=O)OCC(=O)NCc1ccc2c(c1)OCO2. The highest BCUT2D eigenvalue weighted by atomic mass is 16.7. The summed E-state index contributed by atoms with van der Waals surface area (Å²) >= 11 is 0. The molecule has 1 N–H and O–H groups in total. The van der Waals surface area contributed by atoms with Crippen molar-refractivity contribution in [1.29, 1.82) is 0 Å². The van der Waals surface area contributed by atoms with Crippen molar-refractivity contribution in [3.63, 3.8) is 0 Å². The molecule has 0 saturated carbocycles. The fraction of sp³-hybridized carbons (Fsp3) is 0.350. The van der Waals surface area contributed by atoms with Gasteiger partial charge in [-0.3, -0.25) is 9.59 Å². The summed E-state index contributed by atoms with van der Waals surface area (Å²) in [5.41, 5.74) is 3.45. The lowest BCUT2D eigenvalue weighted by Crippen LogP contribution is -2.28. The standard InChI is InChI=1S/C20H21N5O5/c1-12-15(13(2)25-20(24-12)22-10-23-25)4-6-19(27)28-9-18(26)21-8-14-3-5-16-17(7-14)30-11-29-16/h3,5,7,10H,4,6,8-9,11H2,1-2H3,(H,21,26). The van der Waals surface area contributed by atoms with E-state index in [1.165, 1.54) is 6.33 Å². The zero-order chi connectivity index (χ0) is 21.1. The smallest absolute Gasteiger partial charge is 0.306 e. The van der Waals surface area contributed by atoms with E-state index < -0.39 is 5.97 Å². The minimum absolute atomic E-state index is 0.138. The van der Waals surface area contributed by atoms with Gasteiger partial charge < -0.3 is 19.5 Å². The van der Waals surface area contributed by atoms with Crippen LogP contribution in [0.25, 0.3) is 5.78 Å². The van der Waals surface area contributed by atoms with Gasteiger partial charge in [-0.15, -0.1) is 0 Å². The zero-order valence-corrected chi connectivity index (χ0v) is 16.7. The Labute approximate surface area is 172 Å². The topological polar surface area (TPSA) is 117 Å². The van der Waals surface area contributed by atoms with E-state index in [9.17, 15) is 9.59 Å². The highest BCUT2D eigenvalue weighted by Crippen LogP contribution is 2.32. The van der Waals surface area contributed by atoms with Crippen molar-refractivity contribution in [1.82, 2.24) is 24.9 Å². The van der Waals surface area contributed by atoms with Gasteiger partial charge in [-0.1, -0.05) is 6.07 Å². The Hall–Kier alpha value is -3.69. The maximum atomic E-state index is 12.1. The van der Waals surface area contributed by atoms with Crippen LogP contribution in [0, 0.1) is 13.8 Å². The molecular weight excluding hydrogens is 390 g/mol. The van der Waals surface area contributed by atoms with Crippen molar-refractivity contribution in [3.8, 4) is 11.5 Å². The number of benzene rings is 1. The summed E-state index contributed by atoms with van der Waals surface area (Å²) in [6, 6.07) is 5.43. The second kappa shape index (κ2) is 8.36. The second-order valence-corrected chi connectivity index (χ2v) is 6.86. The van der Waals surface area contributed by atoms with Crippen LogP contribution in [0.5, 0.6) is 11.5 Å². The largest absolute Gasteiger partial charge is 0.456 e. The number of rotatable bonds is 7. The number of amides is 1. The number of hydrogen-bond acceptors (Lipinski definition) is 8. The lowest BCUT2D eigenvalue weighted by Gasteiger charge is -2.10. The molecule has 0 unspecified atom stereocenters. The van der Waals surface area contributed by atoms with Crippen molar-refractivity contribution in [2.75, 3.05) is 13.4 Å². The Morgan fingerprint density at radius 2 is 2.07 bits per heavy atom. The molecule has 1 aromatic carbocycles. The first-order chi connectivity index (χ1) is 14.5. The fourth-order valence-corrected chi connectivity index (χ4v) is 3.27. The predicted molar refractivity (Wildman–Crippen MR) is 104 cm³/mol. The van der Waals surface area contributed by atoms with Crippen LogP contribution in [0.1, 0.15) is 28.9 Å². The molecule has 1 aliphatic heterocycles. The first-order valence-corrected chi connectivity index (χ1v) is 9.48. The quantitative estimate of drug-likeness (QED) is 0.578. The Morgan fingerprint density at radius 1 is 1.23 bits per heavy atom. The van der Waals surface area contributed by atoms with Crippen molar-refractivity contribution in [2.24, 2.45) is 0 Å². The lowest BCUT2D eigenvalue weighted by atomic mass is 10.1. The van der Waals surface area contributed by atoms with Gasteiger partial charge >= 0.3 is 5.97 Å². The molecule has 3 aromatic rings. The maximum absolute atomic E-state index is 12.1. The molecule has 4 rings (SSSR count). The van der Waals surface area contributed by atoms with E-state index in [0.717, 1.165) is 22.5 Å². The van der Waals surface area contributed by atoms with Gasteiger partial charge in [0.1, 0.15) is 6.33 Å². The average Bonchev–Trinajstić information content (AvgIpc) is 3.39. The van der Waals surface area contributed by atoms with Gasteiger partial charge in [-0.05, 0) is 43.5 Å².